The van der Waals surface area contributed by atoms with Gasteiger partial charge in [-0.1, -0.05) is 18.5 Å². The first kappa shape index (κ1) is 17.6. The Morgan fingerprint density at radius 2 is 2.00 bits per heavy atom. The molecule has 0 aliphatic heterocycles. The van der Waals surface area contributed by atoms with Crippen molar-refractivity contribution in [2.45, 2.75) is 32.4 Å². The largest absolute Gasteiger partial charge is 0.389 e. The first-order valence-corrected chi connectivity index (χ1v) is 7.09. The number of hydrogen-bond acceptors (Lipinski definition) is 2. The van der Waals surface area contributed by atoms with Gasteiger partial charge in [0.2, 0.25) is 0 Å². The monoisotopic (exact) mass is 322 g/mol. The molecule has 0 aliphatic rings. The summed E-state index contributed by atoms with van der Waals surface area (Å²) in [7, 11) is 0. The Labute approximate surface area is 126 Å². The minimum Gasteiger partial charge on any atom is -0.384 e. The van der Waals surface area contributed by atoms with Crippen molar-refractivity contribution in [3.05, 3.63) is 28.8 Å². The van der Waals surface area contributed by atoms with Crippen LogP contribution in [-0.4, -0.2) is 25.2 Å². The fourth-order valence-corrected chi connectivity index (χ4v) is 1.88. The number of rotatable bonds is 7. The highest BCUT2D eigenvalue weighted by Crippen LogP contribution is 2.22. The molecule has 0 aliphatic carbocycles. The van der Waals surface area contributed by atoms with E-state index in [1.54, 1.807) is 12.1 Å². The Hall–Kier alpha value is -1.43. The number of hydrogen-bond donors (Lipinski definition) is 2. The van der Waals surface area contributed by atoms with Gasteiger partial charge in [-0.15, -0.1) is 0 Å². The van der Waals surface area contributed by atoms with Gasteiger partial charge in [-0.25, -0.2) is 0 Å². The van der Waals surface area contributed by atoms with E-state index in [9.17, 15) is 18.0 Å². The number of halogens is 4. The number of carbonyl (C=O) groups excluding carboxylic acids is 1. The summed E-state index contributed by atoms with van der Waals surface area (Å²) in [5.41, 5.74) is 0.956. The van der Waals surface area contributed by atoms with Gasteiger partial charge < -0.3 is 10.6 Å². The molecule has 0 fully saturated rings. The molecule has 0 radical (unpaired) electrons. The molecule has 0 spiro atoms. The summed E-state index contributed by atoms with van der Waals surface area (Å²) in [6, 6.07) is 4.83. The fourth-order valence-electron chi connectivity index (χ4n) is 1.70. The Kier molecular flexibility index (Phi) is 6.81. The molecule has 1 aromatic carbocycles. The lowest BCUT2D eigenvalue weighted by Gasteiger charge is -2.12. The van der Waals surface area contributed by atoms with E-state index in [4.69, 9.17) is 11.6 Å². The van der Waals surface area contributed by atoms with E-state index in [1.807, 2.05) is 6.92 Å². The molecule has 1 rings (SSSR count). The third-order valence-electron chi connectivity index (χ3n) is 2.71. The van der Waals surface area contributed by atoms with Crippen molar-refractivity contribution < 1.29 is 18.0 Å². The summed E-state index contributed by atoms with van der Waals surface area (Å²) in [4.78, 5) is 12.0. The predicted molar refractivity (Wildman–Crippen MR) is 77.9 cm³/mol. The standard InChI is InChI=1S/C14H18ClF3N2O/c1-2-7-19-12-5-4-10(15)9-11(12)13(21)20-8-3-6-14(16,17)18/h4-5,9,19H,2-3,6-8H2,1H3,(H,20,21). The van der Waals surface area contributed by atoms with E-state index in [0.717, 1.165) is 6.42 Å². The molecular formula is C14H18ClF3N2O. The highest BCUT2D eigenvalue weighted by molar-refractivity contribution is 6.31. The number of anilines is 1. The summed E-state index contributed by atoms with van der Waals surface area (Å²) < 4.78 is 36.1. The Morgan fingerprint density at radius 3 is 2.62 bits per heavy atom. The van der Waals surface area contributed by atoms with E-state index in [2.05, 4.69) is 10.6 Å². The average Bonchev–Trinajstić information content (AvgIpc) is 2.41. The Balaban J connectivity index is 2.61. The molecule has 118 valence electrons. The lowest BCUT2D eigenvalue weighted by molar-refractivity contribution is -0.135. The van der Waals surface area contributed by atoms with Gasteiger partial charge in [-0.3, -0.25) is 4.79 Å². The molecule has 0 saturated carbocycles. The van der Waals surface area contributed by atoms with E-state index < -0.39 is 18.5 Å². The van der Waals surface area contributed by atoms with Crippen molar-refractivity contribution in [2.24, 2.45) is 0 Å². The van der Waals surface area contributed by atoms with Crippen LogP contribution in [-0.2, 0) is 0 Å². The molecule has 21 heavy (non-hydrogen) atoms. The molecule has 0 atom stereocenters. The van der Waals surface area contributed by atoms with Gasteiger partial charge in [0, 0.05) is 30.2 Å². The van der Waals surface area contributed by atoms with E-state index in [-0.39, 0.29) is 13.0 Å². The highest BCUT2D eigenvalue weighted by atomic mass is 35.5. The molecule has 0 heterocycles. The maximum atomic E-state index is 12.0. The Morgan fingerprint density at radius 1 is 1.29 bits per heavy atom. The topological polar surface area (TPSA) is 41.1 Å². The summed E-state index contributed by atoms with van der Waals surface area (Å²) in [6.45, 7) is 2.65. The lowest BCUT2D eigenvalue weighted by atomic mass is 10.1. The molecule has 0 bridgehead atoms. The number of alkyl halides is 3. The normalized spacial score (nSPS) is 11.3. The molecule has 1 amide bonds. The lowest BCUT2D eigenvalue weighted by Crippen LogP contribution is -2.26. The molecular weight excluding hydrogens is 305 g/mol. The first-order chi connectivity index (χ1) is 9.83. The average molecular weight is 323 g/mol. The maximum Gasteiger partial charge on any atom is 0.389 e. The number of benzene rings is 1. The molecule has 0 aromatic heterocycles. The zero-order valence-electron chi connectivity index (χ0n) is 11.7. The van der Waals surface area contributed by atoms with Crippen molar-refractivity contribution in [2.75, 3.05) is 18.4 Å². The first-order valence-electron chi connectivity index (χ1n) is 6.72. The van der Waals surface area contributed by atoms with E-state index in [1.165, 1.54) is 6.07 Å². The van der Waals surface area contributed by atoms with Crippen molar-refractivity contribution >= 4 is 23.2 Å². The van der Waals surface area contributed by atoms with Crippen molar-refractivity contribution in [3.8, 4) is 0 Å². The van der Waals surface area contributed by atoms with Crippen LogP contribution in [0, 0.1) is 0 Å². The van der Waals surface area contributed by atoms with Crippen LogP contribution >= 0.6 is 11.6 Å². The fraction of sp³-hybridized carbons (Fsp3) is 0.500. The van der Waals surface area contributed by atoms with E-state index >= 15 is 0 Å². The van der Waals surface area contributed by atoms with Crippen LogP contribution in [0.25, 0.3) is 0 Å². The van der Waals surface area contributed by atoms with Crippen molar-refractivity contribution in [1.29, 1.82) is 0 Å². The third kappa shape index (κ3) is 6.71. The zero-order chi connectivity index (χ0) is 15.9. The molecule has 0 unspecified atom stereocenters. The van der Waals surface area contributed by atoms with E-state index in [0.29, 0.717) is 22.8 Å². The van der Waals surface area contributed by atoms with Gasteiger partial charge in [-0.2, -0.15) is 13.2 Å². The summed E-state index contributed by atoms with van der Waals surface area (Å²) in [5, 5.41) is 5.96. The van der Waals surface area contributed by atoms with Crippen LogP contribution in [0.2, 0.25) is 5.02 Å². The SMILES string of the molecule is CCCNc1ccc(Cl)cc1C(=O)NCCCC(F)(F)F. The van der Waals surface area contributed by atoms with Crippen LogP contribution in [0.1, 0.15) is 36.5 Å². The number of nitrogens with one attached hydrogen (secondary N) is 2. The van der Waals surface area contributed by atoms with Gasteiger partial charge in [0.1, 0.15) is 0 Å². The third-order valence-corrected chi connectivity index (χ3v) is 2.95. The van der Waals surface area contributed by atoms with Crippen LogP contribution in [0.15, 0.2) is 18.2 Å². The highest BCUT2D eigenvalue weighted by Gasteiger charge is 2.26. The van der Waals surface area contributed by atoms with Crippen LogP contribution in [0.3, 0.4) is 0 Å². The maximum absolute atomic E-state index is 12.0. The van der Waals surface area contributed by atoms with Crippen LogP contribution in [0.4, 0.5) is 18.9 Å². The number of amides is 1. The minimum absolute atomic E-state index is 0.0297. The minimum atomic E-state index is -4.20. The molecule has 3 nitrogen and oxygen atoms in total. The number of carbonyl (C=O) groups is 1. The molecule has 1 aromatic rings. The van der Waals surface area contributed by atoms with Gasteiger partial charge in [0.15, 0.2) is 0 Å². The van der Waals surface area contributed by atoms with Gasteiger partial charge in [-0.05, 0) is 31.0 Å². The second-order valence-electron chi connectivity index (χ2n) is 4.59. The van der Waals surface area contributed by atoms with Gasteiger partial charge in [0.05, 0.1) is 5.56 Å². The Bertz CT molecular complexity index is 478. The zero-order valence-corrected chi connectivity index (χ0v) is 12.4. The smallest absolute Gasteiger partial charge is 0.384 e. The van der Waals surface area contributed by atoms with Crippen LogP contribution in [0.5, 0.6) is 0 Å². The second kappa shape index (κ2) is 8.12. The van der Waals surface area contributed by atoms with Crippen molar-refractivity contribution in [3.63, 3.8) is 0 Å². The summed E-state index contributed by atoms with van der Waals surface area (Å²) >= 11 is 5.86. The summed E-state index contributed by atoms with van der Waals surface area (Å²) in [5.74, 6) is -0.432. The van der Waals surface area contributed by atoms with Crippen LogP contribution < -0.4 is 10.6 Å². The van der Waals surface area contributed by atoms with Gasteiger partial charge >= 0.3 is 6.18 Å². The quantitative estimate of drug-likeness (QED) is 0.737. The van der Waals surface area contributed by atoms with Gasteiger partial charge in [0.25, 0.3) is 5.91 Å². The summed E-state index contributed by atoms with van der Waals surface area (Å²) in [6.07, 6.45) is -4.37. The molecule has 2 N–H and O–H groups in total. The predicted octanol–water partition coefficient (Wildman–Crippen LogP) is 4.23. The second-order valence-corrected chi connectivity index (χ2v) is 5.03. The van der Waals surface area contributed by atoms with Crippen molar-refractivity contribution in [1.82, 2.24) is 5.32 Å². The molecule has 0 saturated heterocycles. The molecule has 7 heteroatoms.